The summed E-state index contributed by atoms with van der Waals surface area (Å²) in [6, 6.07) is 6.63. The molecule has 0 spiro atoms. The van der Waals surface area contributed by atoms with Crippen molar-refractivity contribution in [1.82, 2.24) is 14.9 Å². The van der Waals surface area contributed by atoms with Crippen LogP contribution in [0.25, 0.3) is 0 Å². The molecule has 2 aromatic rings. The van der Waals surface area contributed by atoms with E-state index >= 15 is 0 Å². The average molecular weight is 334 g/mol. The van der Waals surface area contributed by atoms with Crippen LogP contribution < -0.4 is 0 Å². The summed E-state index contributed by atoms with van der Waals surface area (Å²) in [5.41, 5.74) is 3.53. The number of aryl methyl sites for hydroxylation is 1. The normalized spacial score (nSPS) is 23.6. The van der Waals surface area contributed by atoms with Crippen molar-refractivity contribution in [2.75, 3.05) is 0 Å². The van der Waals surface area contributed by atoms with Crippen LogP contribution in [0.3, 0.4) is 0 Å². The van der Waals surface area contributed by atoms with Gasteiger partial charge >= 0.3 is 0 Å². The summed E-state index contributed by atoms with van der Waals surface area (Å²) in [6.07, 6.45) is 5.36. The monoisotopic (exact) mass is 333 g/mol. The maximum absolute atomic E-state index is 6.35. The summed E-state index contributed by atoms with van der Waals surface area (Å²) in [5, 5.41) is 1.50. The van der Waals surface area contributed by atoms with Crippen molar-refractivity contribution in [2.24, 2.45) is 0 Å². The molecule has 114 valence electrons. The molecule has 3 heterocycles. The fraction of sp³-hybridized carbons (Fsp3) is 0.412. The average Bonchev–Trinajstić information content (AvgIpc) is 2.76. The highest BCUT2D eigenvalue weighted by atomic mass is 35.5. The molecule has 0 amide bonds. The van der Waals surface area contributed by atoms with Gasteiger partial charge in [-0.3, -0.25) is 4.90 Å². The Bertz CT molecular complexity index is 712. The van der Waals surface area contributed by atoms with Gasteiger partial charge in [-0.05, 0) is 31.9 Å². The third-order valence-corrected chi connectivity index (χ3v) is 5.56. The highest BCUT2D eigenvalue weighted by Gasteiger charge is 2.41. The van der Waals surface area contributed by atoms with E-state index in [-0.39, 0.29) is 0 Å². The highest BCUT2D eigenvalue weighted by Crippen LogP contribution is 2.44. The first-order valence-electron chi connectivity index (χ1n) is 7.64. The van der Waals surface area contributed by atoms with Crippen molar-refractivity contribution in [3.63, 3.8) is 0 Å². The molecular formula is C17H17Cl2N3. The Balaban J connectivity index is 1.69. The molecule has 4 rings (SSSR count). The number of hydrogen-bond donors (Lipinski definition) is 0. The molecule has 0 aliphatic carbocycles. The van der Waals surface area contributed by atoms with Gasteiger partial charge in [0.25, 0.3) is 0 Å². The van der Waals surface area contributed by atoms with Gasteiger partial charge in [0, 0.05) is 52.4 Å². The fourth-order valence-corrected chi connectivity index (χ4v) is 4.30. The zero-order valence-corrected chi connectivity index (χ0v) is 13.9. The van der Waals surface area contributed by atoms with Crippen LogP contribution in [-0.2, 0) is 13.0 Å². The van der Waals surface area contributed by atoms with Crippen LogP contribution in [-0.4, -0.2) is 20.9 Å². The topological polar surface area (TPSA) is 29.0 Å². The number of fused-ring (bicyclic) bond motifs is 4. The second-order valence-electron chi connectivity index (χ2n) is 6.14. The van der Waals surface area contributed by atoms with Crippen LogP contribution in [0.5, 0.6) is 0 Å². The first kappa shape index (κ1) is 14.4. The van der Waals surface area contributed by atoms with Crippen molar-refractivity contribution in [3.8, 4) is 0 Å². The number of halogens is 2. The molecule has 2 atom stereocenters. The number of hydrogen-bond acceptors (Lipinski definition) is 3. The second kappa shape index (κ2) is 5.48. The molecule has 1 fully saturated rings. The van der Waals surface area contributed by atoms with Gasteiger partial charge in [0.1, 0.15) is 5.82 Å². The van der Waals surface area contributed by atoms with Gasteiger partial charge in [-0.2, -0.15) is 0 Å². The predicted octanol–water partition coefficient (Wildman–Crippen LogP) is 4.35. The number of aromatic nitrogens is 2. The molecule has 0 radical (unpaired) electrons. The molecule has 0 unspecified atom stereocenters. The van der Waals surface area contributed by atoms with Crippen LogP contribution in [0, 0.1) is 6.92 Å². The Morgan fingerprint density at radius 3 is 2.77 bits per heavy atom. The van der Waals surface area contributed by atoms with E-state index in [1.807, 2.05) is 31.3 Å². The molecule has 22 heavy (non-hydrogen) atoms. The summed E-state index contributed by atoms with van der Waals surface area (Å²) in [7, 11) is 0. The minimum absolute atomic E-state index is 0.390. The van der Waals surface area contributed by atoms with E-state index in [0.29, 0.717) is 12.1 Å². The SMILES string of the molecule is Cc1ncc2c(n1)C[C@@H]1CC[C@H]2N1Cc1c(Cl)cccc1Cl. The summed E-state index contributed by atoms with van der Waals surface area (Å²) in [4.78, 5) is 11.6. The van der Waals surface area contributed by atoms with Gasteiger partial charge in [0.05, 0.1) is 5.69 Å². The van der Waals surface area contributed by atoms with Gasteiger partial charge in [-0.15, -0.1) is 0 Å². The van der Waals surface area contributed by atoms with Crippen LogP contribution >= 0.6 is 23.2 Å². The second-order valence-corrected chi connectivity index (χ2v) is 6.96. The molecule has 2 bridgehead atoms. The first-order chi connectivity index (χ1) is 10.6. The standard InChI is InChI=1S/C17H17Cl2N3/c1-10-20-8-12-16(21-10)7-11-5-6-17(12)22(11)9-13-14(18)3-2-4-15(13)19/h2-4,8,11,17H,5-7,9H2,1H3/t11-,17+/m0/s1. The van der Waals surface area contributed by atoms with E-state index in [0.717, 1.165) is 40.8 Å². The maximum Gasteiger partial charge on any atom is 0.125 e. The minimum atomic E-state index is 0.390. The van der Waals surface area contributed by atoms with E-state index in [1.165, 1.54) is 17.7 Å². The first-order valence-corrected chi connectivity index (χ1v) is 8.40. The van der Waals surface area contributed by atoms with Crippen LogP contribution in [0.2, 0.25) is 10.0 Å². The highest BCUT2D eigenvalue weighted by molar-refractivity contribution is 6.35. The van der Waals surface area contributed by atoms with E-state index in [1.54, 1.807) is 0 Å². The van der Waals surface area contributed by atoms with E-state index in [2.05, 4.69) is 14.9 Å². The Morgan fingerprint density at radius 2 is 2.00 bits per heavy atom. The third kappa shape index (κ3) is 2.32. The van der Waals surface area contributed by atoms with Crippen molar-refractivity contribution in [3.05, 3.63) is 57.1 Å². The third-order valence-electron chi connectivity index (χ3n) is 4.85. The molecule has 1 aromatic carbocycles. The molecule has 1 aromatic heterocycles. The van der Waals surface area contributed by atoms with Gasteiger partial charge in [-0.25, -0.2) is 9.97 Å². The lowest BCUT2D eigenvalue weighted by Gasteiger charge is -2.36. The van der Waals surface area contributed by atoms with Gasteiger partial charge in [0.15, 0.2) is 0 Å². The van der Waals surface area contributed by atoms with Gasteiger partial charge in [0.2, 0.25) is 0 Å². The maximum atomic E-state index is 6.35. The van der Waals surface area contributed by atoms with Gasteiger partial charge in [-0.1, -0.05) is 29.3 Å². The zero-order chi connectivity index (χ0) is 15.3. The predicted molar refractivity (Wildman–Crippen MR) is 88.2 cm³/mol. The Kier molecular flexibility index (Phi) is 3.60. The van der Waals surface area contributed by atoms with Crippen LogP contribution in [0.15, 0.2) is 24.4 Å². The van der Waals surface area contributed by atoms with E-state index in [4.69, 9.17) is 23.2 Å². The quantitative estimate of drug-likeness (QED) is 0.817. The summed E-state index contributed by atoms with van der Waals surface area (Å²) < 4.78 is 0. The van der Waals surface area contributed by atoms with Crippen molar-refractivity contribution in [2.45, 2.75) is 44.8 Å². The van der Waals surface area contributed by atoms with Crippen molar-refractivity contribution in [1.29, 1.82) is 0 Å². The van der Waals surface area contributed by atoms with Crippen molar-refractivity contribution >= 4 is 23.2 Å². The molecule has 1 saturated heterocycles. The number of rotatable bonds is 2. The zero-order valence-electron chi connectivity index (χ0n) is 12.4. The molecular weight excluding hydrogens is 317 g/mol. The Morgan fingerprint density at radius 1 is 1.23 bits per heavy atom. The summed E-state index contributed by atoms with van der Waals surface area (Å²) >= 11 is 12.7. The minimum Gasteiger partial charge on any atom is -0.289 e. The number of nitrogens with zero attached hydrogens (tertiary/aromatic N) is 3. The smallest absolute Gasteiger partial charge is 0.125 e. The molecule has 2 aliphatic rings. The van der Waals surface area contributed by atoms with Gasteiger partial charge < -0.3 is 0 Å². The molecule has 0 N–H and O–H groups in total. The lowest BCUT2D eigenvalue weighted by molar-refractivity contribution is 0.166. The van der Waals surface area contributed by atoms with E-state index < -0.39 is 0 Å². The van der Waals surface area contributed by atoms with Crippen LogP contribution in [0.4, 0.5) is 0 Å². The number of benzene rings is 1. The molecule has 2 aliphatic heterocycles. The fourth-order valence-electron chi connectivity index (χ4n) is 3.79. The Hall–Kier alpha value is -1.16. The van der Waals surface area contributed by atoms with E-state index in [9.17, 15) is 0 Å². The molecule has 0 saturated carbocycles. The summed E-state index contributed by atoms with van der Waals surface area (Å²) in [6.45, 7) is 2.75. The van der Waals surface area contributed by atoms with Crippen LogP contribution in [0.1, 0.15) is 41.5 Å². The largest absolute Gasteiger partial charge is 0.289 e. The van der Waals surface area contributed by atoms with Crippen molar-refractivity contribution < 1.29 is 0 Å². The molecule has 5 heteroatoms. The summed E-state index contributed by atoms with van der Waals surface area (Å²) in [5.74, 6) is 0.862. The lowest BCUT2D eigenvalue weighted by Crippen LogP contribution is -2.37. The molecule has 3 nitrogen and oxygen atoms in total. The lowest BCUT2D eigenvalue weighted by atomic mass is 9.98. The Labute approximate surface area is 140 Å².